The van der Waals surface area contributed by atoms with Crippen LogP contribution in [0, 0.1) is 6.92 Å². The van der Waals surface area contributed by atoms with Crippen molar-refractivity contribution < 1.29 is 9.90 Å². The average Bonchev–Trinajstić information content (AvgIpc) is 2.38. The number of hydrogen-bond acceptors (Lipinski definition) is 3. The highest BCUT2D eigenvalue weighted by atomic mass is 16.4. The number of benzene rings is 1. The molecule has 0 spiro atoms. The Balaban J connectivity index is 2.41. The SMILES string of the molecule is Cc1cccc(-c2ccnc(C(C)C(=O)O)n2)c1. The van der Waals surface area contributed by atoms with Gasteiger partial charge in [-0.25, -0.2) is 9.97 Å². The number of hydrogen-bond donors (Lipinski definition) is 1. The molecular weight excluding hydrogens is 228 g/mol. The summed E-state index contributed by atoms with van der Waals surface area (Å²) in [6.45, 7) is 3.59. The van der Waals surface area contributed by atoms with Crippen molar-refractivity contribution in [3.05, 3.63) is 47.9 Å². The molecule has 1 atom stereocenters. The van der Waals surface area contributed by atoms with E-state index in [0.29, 0.717) is 5.82 Å². The van der Waals surface area contributed by atoms with Gasteiger partial charge < -0.3 is 5.11 Å². The first-order chi connectivity index (χ1) is 8.58. The minimum Gasteiger partial charge on any atom is -0.481 e. The maximum atomic E-state index is 10.9. The van der Waals surface area contributed by atoms with Gasteiger partial charge in [-0.05, 0) is 26.0 Å². The summed E-state index contributed by atoms with van der Waals surface area (Å²) in [5.41, 5.74) is 2.85. The topological polar surface area (TPSA) is 63.1 Å². The maximum Gasteiger partial charge on any atom is 0.313 e. The second-order valence-electron chi connectivity index (χ2n) is 4.23. The Morgan fingerprint density at radius 3 is 2.78 bits per heavy atom. The number of carboxylic acids is 1. The molecule has 0 aliphatic heterocycles. The van der Waals surface area contributed by atoms with E-state index in [4.69, 9.17) is 5.11 Å². The lowest BCUT2D eigenvalue weighted by molar-refractivity contribution is -0.138. The van der Waals surface area contributed by atoms with E-state index in [1.165, 1.54) is 0 Å². The zero-order valence-corrected chi connectivity index (χ0v) is 10.3. The number of aryl methyl sites for hydroxylation is 1. The molecule has 0 radical (unpaired) electrons. The fraction of sp³-hybridized carbons (Fsp3) is 0.214. The van der Waals surface area contributed by atoms with E-state index >= 15 is 0 Å². The van der Waals surface area contributed by atoms with Crippen LogP contribution in [0.3, 0.4) is 0 Å². The molecule has 0 amide bonds. The molecule has 4 heteroatoms. The second kappa shape index (κ2) is 4.96. The van der Waals surface area contributed by atoms with Crippen molar-refractivity contribution in [2.75, 3.05) is 0 Å². The Hall–Kier alpha value is -2.23. The lowest BCUT2D eigenvalue weighted by atomic mass is 10.1. The molecule has 0 fully saturated rings. The summed E-state index contributed by atoms with van der Waals surface area (Å²) in [7, 11) is 0. The van der Waals surface area contributed by atoms with Crippen LogP contribution in [0.4, 0.5) is 0 Å². The second-order valence-corrected chi connectivity index (χ2v) is 4.23. The molecule has 2 rings (SSSR count). The molecule has 1 unspecified atom stereocenters. The van der Waals surface area contributed by atoms with Crippen molar-refractivity contribution in [3.8, 4) is 11.3 Å². The van der Waals surface area contributed by atoms with Gasteiger partial charge in [0.15, 0.2) is 0 Å². The predicted octanol–water partition coefficient (Wildman–Crippen LogP) is 2.64. The van der Waals surface area contributed by atoms with Crippen LogP contribution in [0.25, 0.3) is 11.3 Å². The van der Waals surface area contributed by atoms with Crippen LogP contribution >= 0.6 is 0 Å². The molecule has 0 aliphatic rings. The Morgan fingerprint density at radius 1 is 1.33 bits per heavy atom. The molecule has 1 aromatic carbocycles. The summed E-state index contributed by atoms with van der Waals surface area (Å²) in [4.78, 5) is 19.3. The predicted molar refractivity (Wildman–Crippen MR) is 68.3 cm³/mol. The maximum absolute atomic E-state index is 10.9. The third kappa shape index (κ3) is 2.53. The van der Waals surface area contributed by atoms with E-state index in [-0.39, 0.29) is 0 Å². The van der Waals surface area contributed by atoms with Gasteiger partial charge in [0.25, 0.3) is 0 Å². The Kier molecular flexibility index (Phi) is 3.37. The lowest BCUT2D eigenvalue weighted by Crippen LogP contribution is -2.11. The van der Waals surface area contributed by atoms with Crippen LogP contribution in [0.2, 0.25) is 0 Å². The molecule has 1 N–H and O–H groups in total. The summed E-state index contributed by atoms with van der Waals surface area (Å²) in [6, 6.07) is 9.70. The number of aromatic nitrogens is 2. The molecule has 2 aromatic rings. The summed E-state index contributed by atoms with van der Waals surface area (Å²) in [6.07, 6.45) is 1.60. The highest BCUT2D eigenvalue weighted by Gasteiger charge is 2.17. The van der Waals surface area contributed by atoms with Crippen LogP contribution in [-0.2, 0) is 4.79 Å². The van der Waals surface area contributed by atoms with Gasteiger partial charge in [-0.15, -0.1) is 0 Å². The van der Waals surface area contributed by atoms with Gasteiger partial charge in [0.1, 0.15) is 11.7 Å². The van der Waals surface area contributed by atoms with Crippen molar-refractivity contribution >= 4 is 5.97 Å². The fourth-order valence-corrected chi connectivity index (χ4v) is 1.66. The summed E-state index contributed by atoms with van der Waals surface area (Å²) < 4.78 is 0. The third-order valence-electron chi connectivity index (χ3n) is 2.75. The van der Waals surface area contributed by atoms with E-state index in [0.717, 1.165) is 16.8 Å². The summed E-state index contributed by atoms with van der Waals surface area (Å²) >= 11 is 0. The molecule has 0 saturated carbocycles. The third-order valence-corrected chi connectivity index (χ3v) is 2.75. The first kappa shape index (κ1) is 12.2. The number of carboxylic acid groups (broad SMARTS) is 1. The van der Waals surface area contributed by atoms with Crippen molar-refractivity contribution in [3.63, 3.8) is 0 Å². The smallest absolute Gasteiger partial charge is 0.313 e. The first-order valence-corrected chi connectivity index (χ1v) is 5.70. The van der Waals surface area contributed by atoms with Crippen molar-refractivity contribution in [2.24, 2.45) is 0 Å². The Morgan fingerprint density at radius 2 is 2.11 bits per heavy atom. The van der Waals surface area contributed by atoms with Gasteiger partial charge >= 0.3 is 5.97 Å². The van der Waals surface area contributed by atoms with Gasteiger partial charge in [-0.2, -0.15) is 0 Å². The van der Waals surface area contributed by atoms with Crippen molar-refractivity contribution in [1.82, 2.24) is 9.97 Å². The fourth-order valence-electron chi connectivity index (χ4n) is 1.66. The van der Waals surface area contributed by atoms with E-state index in [2.05, 4.69) is 9.97 Å². The van der Waals surface area contributed by atoms with Crippen LogP contribution in [-0.4, -0.2) is 21.0 Å². The van der Waals surface area contributed by atoms with Crippen LogP contribution in [0.15, 0.2) is 36.5 Å². The Bertz CT molecular complexity index is 582. The summed E-state index contributed by atoms with van der Waals surface area (Å²) in [5, 5.41) is 8.96. The molecule has 0 bridgehead atoms. The average molecular weight is 242 g/mol. The monoisotopic (exact) mass is 242 g/mol. The molecule has 1 heterocycles. The van der Waals surface area contributed by atoms with Crippen LogP contribution < -0.4 is 0 Å². The van der Waals surface area contributed by atoms with Crippen LogP contribution in [0.1, 0.15) is 24.2 Å². The van der Waals surface area contributed by atoms with Crippen molar-refractivity contribution in [2.45, 2.75) is 19.8 Å². The number of rotatable bonds is 3. The quantitative estimate of drug-likeness (QED) is 0.898. The molecular formula is C14H14N2O2. The van der Waals surface area contributed by atoms with Crippen molar-refractivity contribution in [1.29, 1.82) is 0 Å². The number of aliphatic carboxylic acids is 1. The molecule has 18 heavy (non-hydrogen) atoms. The van der Waals surface area contributed by atoms with Crippen LogP contribution in [0.5, 0.6) is 0 Å². The van der Waals surface area contributed by atoms with Gasteiger partial charge in [-0.1, -0.05) is 23.8 Å². The highest BCUT2D eigenvalue weighted by molar-refractivity contribution is 5.74. The zero-order chi connectivity index (χ0) is 13.1. The van der Waals surface area contributed by atoms with Gasteiger partial charge in [0.2, 0.25) is 0 Å². The highest BCUT2D eigenvalue weighted by Crippen LogP contribution is 2.19. The normalized spacial score (nSPS) is 12.1. The number of carbonyl (C=O) groups is 1. The molecule has 0 saturated heterocycles. The number of nitrogens with zero attached hydrogens (tertiary/aromatic N) is 2. The minimum atomic E-state index is -0.920. The zero-order valence-electron chi connectivity index (χ0n) is 10.3. The van der Waals surface area contributed by atoms with E-state index in [1.54, 1.807) is 19.2 Å². The standard InChI is InChI=1S/C14H14N2O2/c1-9-4-3-5-11(8-9)12-6-7-15-13(16-12)10(2)14(17)18/h3-8,10H,1-2H3,(H,17,18). The van der Waals surface area contributed by atoms with E-state index < -0.39 is 11.9 Å². The largest absolute Gasteiger partial charge is 0.481 e. The molecule has 92 valence electrons. The lowest BCUT2D eigenvalue weighted by Gasteiger charge is -2.07. The summed E-state index contributed by atoms with van der Waals surface area (Å²) in [5.74, 6) is -1.28. The first-order valence-electron chi connectivity index (χ1n) is 5.70. The van der Waals surface area contributed by atoms with Gasteiger partial charge in [-0.3, -0.25) is 4.79 Å². The molecule has 4 nitrogen and oxygen atoms in total. The minimum absolute atomic E-state index is 0.335. The Labute approximate surface area is 105 Å². The molecule has 1 aromatic heterocycles. The van der Waals surface area contributed by atoms with Gasteiger partial charge in [0, 0.05) is 11.8 Å². The van der Waals surface area contributed by atoms with E-state index in [1.807, 2.05) is 31.2 Å². The van der Waals surface area contributed by atoms with Gasteiger partial charge in [0.05, 0.1) is 5.69 Å². The molecule has 0 aliphatic carbocycles. The van der Waals surface area contributed by atoms with E-state index in [9.17, 15) is 4.79 Å².